The maximum Gasteiger partial charge on any atom is 0.263 e. The van der Waals surface area contributed by atoms with E-state index in [0.717, 1.165) is 24.3 Å². The number of fused-ring (bicyclic) bond motifs is 1. The number of pyridine rings is 1. The van der Waals surface area contributed by atoms with Crippen LogP contribution in [0.25, 0.3) is 5.65 Å². The lowest BCUT2D eigenvalue weighted by atomic mass is 9.96. The van der Waals surface area contributed by atoms with Gasteiger partial charge in [-0.15, -0.1) is 10.2 Å². The first kappa shape index (κ1) is 15.5. The van der Waals surface area contributed by atoms with Crippen molar-refractivity contribution in [2.45, 2.75) is 25.7 Å². The number of aromatic amines is 1. The van der Waals surface area contributed by atoms with E-state index >= 15 is 0 Å². The third kappa shape index (κ3) is 2.79. The summed E-state index contributed by atoms with van der Waals surface area (Å²) < 4.78 is 1.96. The lowest BCUT2D eigenvalue weighted by Crippen LogP contribution is -2.41. The Hall–Kier alpha value is -3.03. The minimum absolute atomic E-state index is 0.0809. The van der Waals surface area contributed by atoms with Gasteiger partial charge in [-0.2, -0.15) is 0 Å². The van der Waals surface area contributed by atoms with Gasteiger partial charge in [0.05, 0.1) is 0 Å². The molecule has 1 aliphatic rings. The van der Waals surface area contributed by atoms with Crippen molar-refractivity contribution in [3.05, 3.63) is 58.2 Å². The van der Waals surface area contributed by atoms with Crippen LogP contribution in [-0.2, 0) is 0 Å². The Morgan fingerprint density at radius 3 is 3.04 bits per heavy atom. The second-order valence-electron chi connectivity index (χ2n) is 6.29. The zero-order valence-corrected chi connectivity index (χ0v) is 13.8. The molecule has 3 aromatic rings. The van der Waals surface area contributed by atoms with Crippen LogP contribution in [0.3, 0.4) is 0 Å². The fourth-order valence-electron chi connectivity index (χ4n) is 3.32. The van der Waals surface area contributed by atoms with E-state index in [0.29, 0.717) is 18.9 Å². The SMILES string of the molecule is Cc1ncc(C(=O)N2CCC[C@@H](c3nnc4ccccn34)C2)c(=O)[nH]1. The van der Waals surface area contributed by atoms with Crippen LogP contribution < -0.4 is 5.56 Å². The molecule has 8 heteroatoms. The molecular weight excluding hydrogens is 320 g/mol. The highest BCUT2D eigenvalue weighted by atomic mass is 16.2. The van der Waals surface area contributed by atoms with Gasteiger partial charge in [0.2, 0.25) is 0 Å². The van der Waals surface area contributed by atoms with Crippen molar-refractivity contribution < 1.29 is 4.79 Å². The minimum Gasteiger partial charge on any atom is -0.338 e. The first-order chi connectivity index (χ1) is 12.1. The molecule has 25 heavy (non-hydrogen) atoms. The number of piperidine rings is 1. The largest absolute Gasteiger partial charge is 0.338 e. The number of aryl methyl sites for hydroxylation is 1. The predicted octanol–water partition coefficient (Wildman–Crippen LogP) is 1.14. The molecule has 1 saturated heterocycles. The van der Waals surface area contributed by atoms with Crippen LogP contribution in [0, 0.1) is 6.92 Å². The molecule has 4 rings (SSSR count). The van der Waals surface area contributed by atoms with E-state index in [1.807, 2.05) is 28.8 Å². The van der Waals surface area contributed by atoms with Gasteiger partial charge in [-0.05, 0) is 31.9 Å². The van der Waals surface area contributed by atoms with Gasteiger partial charge in [-0.1, -0.05) is 6.07 Å². The van der Waals surface area contributed by atoms with Crippen LogP contribution in [0.1, 0.15) is 40.8 Å². The highest BCUT2D eigenvalue weighted by Crippen LogP contribution is 2.26. The Labute approximate surface area is 143 Å². The third-order valence-electron chi connectivity index (χ3n) is 4.57. The summed E-state index contributed by atoms with van der Waals surface area (Å²) >= 11 is 0. The fourth-order valence-corrected chi connectivity index (χ4v) is 3.32. The van der Waals surface area contributed by atoms with Gasteiger partial charge in [-0.3, -0.25) is 14.0 Å². The molecule has 1 fully saturated rings. The summed E-state index contributed by atoms with van der Waals surface area (Å²) in [4.78, 5) is 33.1. The molecule has 1 amide bonds. The van der Waals surface area contributed by atoms with E-state index in [2.05, 4.69) is 20.2 Å². The standard InChI is InChI=1S/C17H18N6O2/c1-11-18-9-13(16(24)19-11)17(25)22-7-4-5-12(10-22)15-21-20-14-6-2-3-8-23(14)15/h2-3,6,8-9,12H,4-5,7,10H2,1H3,(H,18,19,24)/t12-/m1/s1. The summed E-state index contributed by atoms with van der Waals surface area (Å²) in [7, 11) is 0. The van der Waals surface area contributed by atoms with Crippen molar-refractivity contribution in [1.29, 1.82) is 0 Å². The number of nitrogens with one attached hydrogen (secondary N) is 1. The van der Waals surface area contributed by atoms with Gasteiger partial charge < -0.3 is 9.88 Å². The zero-order chi connectivity index (χ0) is 17.4. The van der Waals surface area contributed by atoms with Crippen LogP contribution >= 0.6 is 0 Å². The molecule has 3 aromatic heterocycles. The highest BCUT2D eigenvalue weighted by molar-refractivity contribution is 5.93. The second-order valence-corrected chi connectivity index (χ2v) is 6.29. The van der Waals surface area contributed by atoms with Gasteiger partial charge in [0.25, 0.3) is 11.5 Å². The Morgan fingerprint density at radius 1 is 1.32 bits per heavy atom. The van der Waals surface area contributed by atoms with E-state index in [9.17, 15) is 9.59 Å². The van der Waals surface area contributed by atoms with Crippen molar-refractivity contribution in [2.24, 2.45) is 0 Å². The summed E-state index contributed by atoms with van der Waals surface area (Å²) in [6, 6.07) is 5.75. The third-order valence-corrected chi connectivity index (χ3v) is 4.57. The molecule has 0 bridgehead atoms. The van der Waals surface area contributed by atoms with Crippen LogP contribution in [0.4, 0.5) is 0 Å². The summed E-state index contributed by atoms with van der Waals surface area (Å²) in [5.74, 6) is 1.15. The first-order valence-corrected chi connectivity index (χ1v) is 8.28. The number of carbonyl (C=O) groups excluding carboxylic acids is 1. The lowest BCUT2D eigenvalue weighted by molar-refractivity contribution is 0.0702. The monoisotopic (exact) mass is 338 g/mol. The van der Waals surface area contributed by atoms with Crippen molar-refractivity contribution in [3.8, 4) is 0 Å². The maximum atomic E-state index is 12.7. The van der Waals surface area contributed by atoms with Gasteiger partial charge in [0, 0.05) is 31.4 Å². The molecule has 0 radical (unpaired) electrons. The average Bonchev–Trinajstić information content (AvgIpc) is 3.05. The van der Waals surface area contributed by atoms with Crippen LogP contribution in [0.2, 0.25) is 0 Å². The van der Waals surface area contributed by atoms with Crippen molar-refractivity contribution in [2.75, 3.05) is 13.1 Å². The molecule has 0 aliphatic carbocycles. The van der Waals surface area contributed by atoms with Gasteiger partial charge in [0.15, 0.2) is 5.65 Å². The van der Waals surface area contributed by atoms with Crippen molar-refractivity contribution in [1.82, 2.24) is 29.5 Å². The molecule has 0 spiro atoms. The number of amides is 1. The van der Waals surface area contributed by atoms with E-state index in [1.165, 1.54) is 6.20 Å². The van der Waals surface area contributed by atoms with Crippen LogP contribution in [0.15, 0.2) is 35.4 Å². The Bertz CT molecular complexity index is 992. The highest BCUT2D eigenvalue weighted by Gasteiger charge is 2.29. The number of hydrogen-bond acceptors (Lipinski definition) is 5. The van der Waals surface area contributed by atoms with E-state index in [4.69, 9.17) is 0 Å². The number of rotatable bonds is 2. The molecule has 1 N–H and O–H groups in total. The topological polar surface area (TPSA) is 96.2 Å². The molecule has 1 atom stereocenters. The quantitative estimate of drug-likeness (QED) is 0.756. The molecule has 8 nitrogen and oxygen atoms in total. The minimum atomic E-state index is -0.396. The molecule has 4 heterocycles. The fraction of sp³-hybridized carbons (Fsp3) is 0.353. The molecule has 0 saturated carbocycles. The summed E-state index contributed by atoms with van der Waals surface area (Å²) in [6.07, 6.45) is 5.07. The number of likely N-dealkylation sites (tertiary alicyclic amines) is 1. The summed E-state index contributed by atoms with van der Waals surface area (Å²) in [5, 5.41) is 8.50. The Kier molecular flexibility index (Phi) is 3.79. The van der Waals surface area contributed by atoms with Crippen LogP contribution in [0.5, 0.6) is 0 Å². The van der Waals surface area contributed by atoms with E-state index < -0.39 is 5.56 Å². The van der Waals surface area contributed by atoms with Gasteiger partial charge in [0.1, 0.15) is 17.2 Å². The summed E-state index contributed by atoms with van der Waals surface area (Å²) in [5.41, 5.74) is 0.477. The van der Waals surface area contributed by atoms with E-state index in [1.54, 1.807) is 11.8 Å². The van der Waals surface area contributed by atoms with Crippen molar-refractivity contribution >= 4 is 11.6 Å². The first-order valence-electron chi connectivity index (χ1n) is 8.28. The molecule has 0 unspecified atom stereocenters. The van der Waals surface area contributed by atoms with E-state index in [-0.39, 0.29) is 17.4 Å². The number of aromatic nitrogens is 5. The number of hydrogen-bond donors (Lipinski definition) is 1. The number of H-pyrrole nitrogens is 1. The van der Waals surface area contributed by atoms with Crippen molar-refractivity contribution in [3.63, 3.8) is 0 Å². The zero-order valence-electron chi connectivity index (χ0n) is 13.8. The smallest absolute Gasteiger partial charge is 0.263 e. The number of carbonyl (C=O) groups is 1. The Balaban J connectivity index is 1.60. The van der Waals surface area contributed by atoms with Gasteiger partial charge in [-0.25, -0.2) is 4.98 Å². The van der Waals surface area contributed by atoms with Crippen LogP contribution in [-0.4, -0.2) is 48.5 Å². The second kappa shape index (κ2) is 6.12. The molecule has 128 valence electrons. The molecule has 0 aromatic carbocycles. The number of nitrogens with zero attached hydrogens (tertiary/aromatic N) is 5. The maximum absolute atomic E-state index is 12.7. The summed E-state index contributed by atoms with van der Waals surface area (Å²) in [6.45, 7) is 2.82. The molecular formula is C17H18N6O2. The average molecular weight is 338 g/mol. The molecule has 1 aliphatic heterocycles. The lowest BCUT2D eigenvalue weighted by Gasteiger charge is -2.31. The Morgan fingerprint density at radius 2 is 2.20 bits per heavy atom. The predicted molar refractivity (Wildman–Crippen MR) is 90.5 cm³/mol. The van der Waals surface area contributed by atoms with Gasteiger partial charge >= 0.3 is 0 Å². The normalized spacial score (nSPS) is 17.8.